The SMILES string of the molecule is O=C(Cc1ccc(F)cc1F)N[C@H](c1ccc2c(c1)CCO2)C1CC(O)C1. The van der Waals surface area contributed by atoms with Crippen LogP contribution in [0.5, 0.6) is 5.75 Å². The van der Waals surface area contributed by atoms with E-state index < -0.39 is 11.6 Å². The molecule has 4 rings (SSSR count). The Kier molecular flexibility index (Phi) is 4.83. The number of carbonyl (C=O) groups excluding carboxylic acids is 1. The van der Waals surface area contributed by atoms with Crippen LogP contribution in [-0.4, -0.2) is 23.7 Å². The highest BCUT2D eigenvalue weighted by molar-refractivity contribution is 5.79. The number of amides is 1. The van der Waals surface area contributed by atoms with Gasteiger partial charge in [-0.05, 0) is 53.6 Å². The summed E-state index contributed by atoms with van der Waals surface area (Å²) in [6, 6.07) is 8.84. The number of ether oxygens (including phenoxy) is 1. The molecule has 1 saturated carbocycles. The lowest BCUT2D eigenvalue weighted by atomic mass is 9.74. The fourth-order valence-corrected chi connectivity index (χ4v) is 3.84. The molecule has 0 radical (unpaired) electrons. The molecule has 27 heavy (non-hydrogen) atoms. The second kappa shape index (κ2) is 7.27. The number of hydrogen-bond acceptors (Lipinski definition) is 3. The monoisotopic (exact) mass is 373 g/mol. The Morgan fingerprint density at radius 3 is 2.78 bits per heavy atom. The number of aliphatic hydroxyl groups excluding tert-OH is 1. The number of rotatable bonds is 5. The third kappa shape index (κ3) is 3.81. The van der Waals surface area contributed by atoms with E-state index in [2.05, 4.69) is 5.32 Å². The molecule has 1 amide bonds. The molecule has 2 aromatic rings. The number of halogens is 2. The molecular formula is C21H21F2NO3. The van der Waals surface area contributed by atoms with Gasteiger partial charge in [0.2, 0.25) is 5.91 Å². The number of fused-ring (bicyclic) bond motifs is 1. The topological polar surface area (TPSA) is 58.6 Å². The molecule has 142 valence electrons. The quantitative estimate of drug-likeness (QED) is 0.847. The van der Waals surface area contributed by atoms with Crippen LogP contribution in [0.3, 0.4) is 0 Å². The molecule has 2 N–H and O–H groups in total. The maximum Gasteiger partial charge on any atom is 0.225 e. The maximum atomic E-state index is 13.8. The van der Waals surface area contributed by atoms with Gasteiger partial charge in [-0.15, -0.1) is 0 Å². The Balaban J connectivity index is 1.52. The van der Waals surface area contributed by atoms with Gasteiger partial charge in [-0.3, -0.25) is 4.79 Å². The molecule has 1 heterocycles. The van der Waals surface area contributed by atoms with Crippen molar-refractivity contribution in [2.75, 3.05) is 6.61 Å². The van der Waals surface area contributed by atoms with Gasteiger partial charge < -0.3 is 15.2 Å². The first-order valence-corrected chi connectivity index (χ1v) is 9.16. The van der Waals surface area contributed by atoms with Gasteiger partial charge in [0.25, 0.3) is 0 Å². The van der Waals surface area contributed by atoms with Gasteiger partial charge >= 0.3 is 0 Å². The summed E-state index contributed by atoms with van der Waals surface area (Å²) in [7, 11) is 0. The largest absolute Gasteiger partial charge is 0.493 e. The van der Waals surface area contributed by atoms with E-state index in [9.17, 15) is 18.7 Å². The van der Waals surface area contributed by atoms with Crippen molar-refractivity contribution in [3.05, 3.63) is 64.7 Å². The average Bonchev–Trinajstić information content (AvgIpc) is 3.07. The first-order chi connectivity index (χ1) is 13.0. The fourth-order valence-electron chi connectivity index (χ4n) is 3.84. The number of aliphatic hydroxyl groups is 1. The fraction of sp³-hybridized carbons (Fsp3) is 0.381. The highest BCUT2D eigenvalue weighted by Crippen LogP contribution is 2.39. The molecule has 0 aromatic heterocycles. The van der Waals surface area contributed by atoms with Crippen LogP contribution in [0.4, 0.5) is 8.78 Å². The van der Waals surface area contributed by atoms with E-state index in [0.717, 1.165) is 35.4 Å². The molecule has 0 saturated heterocycles. The molecule has 0 spiro atoms. The van der Waals surface area contributed by atoms with Crippen molar-refractivity contribution in [2.45, 2.75) is 37.8 Å². The summed E-state index contributed by atoms with van der Waals surface area (Å²) in [4.78, 5) is 12.5. The minimum absolute atomic E-state index is 0.127. The molecular weight excluding hydrogens is 352 g/mol. The van der Waals surface area contributed by atoms with Crippen molar-refractivity contribution < 1.29 is 23.4 Å². The van der Waals surface area contributed by atoms with Crippen LogP contribution in [0.2, 0.25) is 0 Å². The number of benzene rings is 2. The average molecular weight is 373 g/mol. The number of hydrogen-bond donors (Lipinski definition) is 2. The second-order valence-corrected chi connectivity index (χ2v) is 7.31. The molecule has 2 aliphatic rings. The summed E-state index contributed by atoms with van der Waals surface area (Å²) in [5.41, 5.74) is 2.23. The normalized spacial score (nSPS) is 21.7. The lowest BCUT2D eigenvalue weighted by molar-refractivity contribution is -0.122. The van der Waals surface area contributed by atoms with E-state index in [1.165, 1.54) is 6.07 Å². The summed E-state index contributed by atoms with van der Waals surface area (Å²) < 4.78 is 32.4. The van der Waals surface area contributed by atoms with Crippen LogP contribution in [0.25, 0.3) is 0 Å². The van der Waals surface area contributed by atoms with Crippen LogP contribution in [0.15, 0.2) is 36.4 Å². The minimum atomic E-state index is -0.726. The molecule has 1 atom stereocenters. The zero-order chi connectivity index (χ0) is 19.0. The van der Waals surface area contributed by atoms with Crippen LogP contribution in [-0.2, 0) is 17.6 Å². The standard InChI is InChI=1S/C21H21F2NO3/c22-16-3-1-12(18(23)11-16)10-20(26)24-21(15-8-17(25)9-15)14-2-4-19-13(7-14)5-6-27-19/h1-4,7,11,15,17,21,25H,5-6,8-10H2,(H,24,26)/t15?,17?,21-/m1/s1. The van der Waals surface area contributed by atoms with E-state index in [4.69, 9.17) is 4.74 Å². The summed E-state index contributed by atoms with van der Waals surface area (Å²) in [5.74, 6) is -0.731. The van der Waals surface area contributed by atoms with Gasteiger partial charge in [0.1, 0.15) is 17.4 Å². The van der Waals surface area contributed by atoms with Crippen LogP contribution >= 0.6 is 0 Å². The third-order valence-corrected chi connectivity index (χ3v) is 5.38. The van der Waals surface area contributed by atoms with Gasteiger partial charge in [-0.25, -0.2) is 8.78 Å². The van der Waals surface area contributed by atoms with Crippen LogP contribution in [0, 0.1) is 17.6 Å². The van der Waals surface area contributed by atoms with Gasteiger partial charge in [0, 0.05) is 12.5 Å². The van der Waals surface area contributed by atoms with E-state index in [1.807, 2.05) is 18.2 Å². The molecule has 0 bridgehead atoms. The predicted molar refractivity (Wildman–Crippen MR) is 95.3 cm³/mol. The lowest BCUT2D eigenvalue weighted by Crippen LogP contribution is -2.42. The van der Waals surface area contributed by atoms with Gasteiger partial charge in [0.15, 0.2) is 0 Å². The lowest BCUT2D eigenvalue weighted by Gasteiger charge is -2.38. The molecule has 0 unspecified atom stereocenters. The summed E-state index contributed by atoms with van der Waals surface area (Å²) in [6.07, 6.45) is 1.55. The number of nitrogens with one attached hydrogen (secondary N) is 1. The van der Waals surface area contributed by atoms with E-state index in [-0.39, 0.29) is 36.0 Å². The zero-order valence-corrected chi connectivity index (χ0v) is 14.8. The smallest absolute Gasteiger partial charge is 0.225 e. The van der Waals surface area contributed by atoms with Crippen molar-refractivity contribution in [1.82, 2.24) is 5.32 Å². The Morgan fingerprint density at radius 2 is 2.04 bits per heavy atom. The molecule has 6 heteroatoms. The molecule has 1 aliphatic carbocycles. The van der Waals surface area contributed by atoms with Crippen molar-refractivity contribution in [3.63, 3.8) is 0 Å². The first-order valence-electron chi connectivity index (χ1n) is 9.16. The maximum absolute atomic E-state index is 13.8. The number of carbonyl (C=O) groups is 1. The van der Waals surface area contributed by atoms with Gasteiger partial charge in [-0.1, -0.05) is 12.1 Å². The Bertz CT molecular complexity index is 865. The van der Waals surface area contributed by atoms with Crippen molar-refractivity contribution in [3.8, 4) is 5.75 Å². The van der Waals surface area contributed by atoms with E-state index >= 15 is 0 Å². The van der Waals surface area contributed by atoms with Gasteiger partial charge in [0.05, 0.1) is 25.2 Å². The third-order valence-electron chi connectivity index (χ3n) is 5.38. The highest BCUT2D eigenvalue weighted by atomic mass is 19.1. The molecule has 1 fully saturated rings. The zero-order valence-electron chi connectivity index (χ0n) is 14.8. The first kappa shape index (κ1) is 17.9. The van der Waals surface area contributed by atoms with Crippen molar-refractivity contribution in [1.29, 1.82) is 0 Å². The molecule has 2 aromatic carbocycles. The van der Waals surface area contributed by atoms with Crippen molar-refractivity contribution >= 4 is 5.91 Å². The van der Waals surface area contributed by atoms with Crippen molar-refractivity contribution in [2.24, 2.45) is 5.92 Å². The van der Waals surface area contributed by atoms with Crippen LogP contribution < -0.4 is 10.1 Å². The van der Waals surface area contributed by atoms with Crippen LogP contribution in [0.1, 0.15) is 35.6 Å². The van der Waals surface area contributed by atoms with E-state index in [0.29, 0.717) is 19.4 Å². The molecule has 4 nitrogen and oxygen atoms in total. The summed E-state index contributed by atoms with van der Waals surface area (Å²) in [6.45, 7) is 0.655. The Morgan fingerprint density at radius 1 is 1.22 bits per heavy atom. The van der Waals surface area contributed by atoms with Gasteiger partial charge in [-0.2, -0.15) is 0 Å². The second-order valence-electron chi connectivity index (χ2n) is 7.31. The summed E-state index contributed by atoms with van der Waals surface area (Å²) in [5, 5.41) is 12.7. The van der Waals surface area contributed by atoms with E-state index in [1.54, 1.807) is 0 Å². The minimum Gasteiger partial charge on any atom is -0.493 e. The molecule has 1 aliphatic heterocycles. The predicted octanol–water partition coefficient (Wildman–Crippen LogP) is 3.07. The Labute approximate surface area is 156 Å². The highest BCUT2D eigenvalue weighted by Gasteiger charge is 2.36. The summed E-state index contributed by atoms with van der Waals surface area (Å²) >= 11 is 0. The Hall–Kier alpha value is -2.47.